The zero-order chi connectivity index (χ0) is 26.3. The Bertz CT molecular complexity index is 1060. The van der Waals surface area contributed by atoms with Gasteiger partial charge in [-0.25, -0.2) is 19.3 Å². The third kappa shape index (κ3) is 6.94. The fourth-order valence-corrected chi connectivity index (χ4v) is 5.70. The Morgan fingerprint density at radius 3 is 2.29 bits per heavy atom. The molecule has 0 aliphatic rings. The normalized spacial score (nSPS) is 14.4. The number of aryl methyl sites for hydroxylation is 2. The maximum atomic E-state index is 13.5. The quantitative estimate of drug-likeness (QED) is 0.208. The van der Waals surface area contributed by atoms with Gasteiger partial charge in [-0.05, 0) is 35.0 Å². The SMILES string of the molecule is CCCN(CCC)P(N)(=O)OC(c1c(CCCn2ccnc2[N+](=O)[O-])nc([N+](=O)[O-])n1C)C(C)C. The van der Waals surface area contributed by atoms with Crippen LogP contribution in [0.4, 0.5) is 11.9 Å². The zero-order valence-electron chi connectivity index (χ0n) is 20.9. The van der Waals surface area contributed by atoms with Gasteiger partial charge in [0.05, 0.1) is 13.6 Å². The van der Waals surface area contributed by atoms with Crippen LogP contribution in [0.15, 0.2) is 12.4 Å². The molecule has 0 amide bonds. The van der Waals surface area contributed by atoms with Crippen LogP contribution >= 0.6 is 7.67 Å². The summed E-state index contributed by atoms with van der Waals surface area (Å²) in [7, 11) is -2.20. The summed E-state index contributed by atoms with van der Waals surface area (Å²) in [6.45, 7) is 8.87. The highest BCUT2D eigenvalue weighted by Crippen LogP contribution is 2.50. The summed E-state index contributed by atoms with van der Waals surface area (Å²) < 4.78 is 23.9. The van der Waals surface area contributed by atoms with Crippen molar-refractivity contribution < 1.29 is 18.9 Å². The van der Waals surface area contributed by atoms with Crippen molar-refractivity contribution in [2.75, 3.05) is 13.1 Å². The highest BCUT2D eigenvalue weighted by atomic mass is 31.2. The number of aromatic nitrogens is 4. The summed E-state index contributed by atoms with van der Waals surface area (Å²) in [5, 5.41) is 22.7. The maximum Gasteiger partial charge on any atom is 0.434 e. The lowest BCUT2D eigenvalue weighted by atomic mass is 10.0. The first-order valence-corrected chi connectivity index (χ1v) is 13.3. The average molecular weight is 515 g/mol. The molecule has 0 radical (unpaired) electrons. The van der Waals surface area contributed by atoms with E-state index >= 15 is 0 Å². The van der Waals surface area contributed by atoms with Crippen molar-refractivity contribution in [3.63, 3.8) is 0 Å². The first kappa shape index (κ1) is 28.6. The number of nitrogens with two attached hydrogens (primary N) is 1. The molecule has 0 saturated heterocycles. The standard InChI is InChI=1S/C20H35N8O6P/c1-6-11-26(12-7-2)35(21,33)34-18(15(3)4)17-16(23-20(24(17)5)28(31)32)9-8-13-25-14-10-22-19(25)27(29)30/h10,14-15,18H,6-9,11-13H2,1-5H3,(H2,21,33). The third-order valence-electron chi connectivity index (χ3n) is 5.52. The molecule has 0 spiro atoms. The lowest BCUT2D eigenvalue weighted by Crippen LogP contribution is -2.30. The van der Waals surface area contributed by atoms with Crippen LogP contribution in [-0.2, 0) is 29.1 Å². The molecule has 2 aromatic heterocycles. The summed E-state index contributed by atoms with van der Waals surface area (Å²) in [5.41, 5.74) is 7.03. The van der Waals surface area contributed by atoms with Gasteiger partial charge in [0.1, 0.15) is 24.2 Å². The van der Waals surface area contributed by atoms with Gasteiger partial charge < -0.3 is 20.2 Å². The van der Waals surface area contributed by atoms with E-state index in [0.717, 1.165) is 12.8 Å². The number of nitro groups is 2. The van der Waals surface area contributed by atoms with E-state index in [1.54, 1.807) is 4.67 Å². The summed E-state index contributed by atoms with van der Waals surface area (Å²) >= 11 is 0. The van der Waals surface area contributed by atoms with Crippen molar-refractivity contribution in [1.29, 1.82) is 0 Å². The number of nitrogens with zero attached hydrogens (tertiary/aromatic N) is 7. The van der Waals surface area contributed by atoms with Crippen LogP contribution in [0.5, 0.6) is 0 Å². The largest absolute Gasteiger partial charge is 0.434 e. The molecule has 2 unspecified atom stereocenters. The fourth-order valence-electron chi connectivity index (χ4n) is 3.94. The van der Waals surface area contributed by atoms with Crippen LogP contribution in [-0.4, -0.2) is 46.7 Å². The molecule has 196 valence electrons. The molecule has 2 atom stereocenters. The van der Waals surface area contributed by atoms with Gasteiger partial charge in [-0.1, -0.05) is 37.7 Å². The van der Waals surface area contributed by atoms with Gasteiger partial charge >= 0.3 is 19.6 Å². The molecule has 14 nitrogen and oxygen atoms in total. The number of hydrogen-bond donors (Lipinski definition) is 1. The van der Waals surface area contributed by atoms with E-state index in [1.165, 1.54) is 28.6 Å². The molecule has 0 fully saturated rings. The van der Waals surface area contributed by atoms with Gasteiger partial charge in [-0.2, -0.15) is 0 Å². The first-order chi connectivity index (χ1) is 16.4. The molecule has 35 heavy (non-hydrogen) atoms. The molecule has 0 bridgehead atoms. The predicted octanol–water partition coefficient (Wildman–Crippen LogP) is 3.97. The van der Waals surface area contributed by atoms with E-state index in [2.05, 4.69) is 9.97 Å². The van der Waals surface area contributed by atoms with Crippen molar-refractivity contribution in [2.24, 2.45) is 18.5 Å². The molecule has 2 heterocycles. The van der Waals surface area contributed by atoms with Gasteiger partial charge in [0.2, 0.25) is 0 Å². The molecule has 0 aliphatic heterocycles. The highest BCUT2D eigenvalue weighted by Gasteiger charge is 2.38. The molecular weight excluding hydrogens is 479 g/mol. The summed E-state index contributed by atoms with van der Waals surface area (Å²) in [5.74, 6) is -0.874. The van der Waals surface area contributed by atoms with Gasteiger partial charge in [-0.15, -0.1) is 0 Å². The molecule has 2 N–H and O–H groups in total. The molecule has 2 aromatic rings. The zero-order valence-corrected chi connectivity index (χ0v) is 21.8. The van der Waals surface area contributed by atoms with Gasteiger partial charge in [0.25, 0.3) is 0 Å². The smallest absolute Gasteiger partial charge is 0.390 e. The highest BCUT2D eigenvalue weighted by molar-refractivity contribution is 7.53. The molecule has 15 heteroatoms. The first-order valence-electron chi connectivity index (χ1n) is 11.6. The van der Waals surface area contributed by atoms with Crippen molar-refractivity contribution in [2.45, 2.75) is 66.0 Å². The molecule has 0 aliphatic carbocycles. The molecular formula is C20H35N8O6P. The van der Waals surface area contributed by atoms with Gasteiger partial charge in [0.15, 0.2) is 5.69 Å². The summed E-state index contributed by atoms with van der Waals surface area (Å²) in [6.07, 6.45) is 4.18. The number of imidazole rings is 2. The summed E-state index contributed by atoms with van der Waals surface area (Å²) in [6, 6.07) is 0. The van der Waals surface area contributed by atoms with Gasteiger partial charge in [0, 0.05) is 19.5 Å². The number of hydrogen-bond acceptors (Lipinski definition) is 8. The Morgan fingerprint density at radius 1 is 1.17 bits per heavy atom. The minimum absolute atomic E-state index is 0.222. The van der Waals surface area contributed by atoms with Crippen molar-refractivity contribution in [3.8, 4) is 0 Å². The minimum atomic E-state index is -3.71. The Kier molecular flexibility index (Phi) is 10.1. The monoisotopic (exact) mass is 514 g/mol. The van der Waals surface area contributed by atoms with Crippen LogP contribution < -0.4 is 5.50 Å². The third-order valence-corrected chi connectivity index (χ3v) is 7.24. The second-order valence-electron chi connectivity index (χ2n) is 8.63. The predicted molar refractivity (Wildman–Crippen MR) is 130 cm³/mol. The maximum absolute atomic E-state index is 13.5. The minimum Gasteiger partial charge on any atom is -0.390 e. The van der Waals surface area contributed by atoms with Crippen molar-refractivity contribution in [1.82, 2.24) is 23.8 Å². The Morgan fingerprint density at radius 2 is 1.77 bits per heavy atom. The second kappa shape index (κ2) is 12.3. The van der Waals surface area contributed by atoms with Crippen LogP contribution in [0.3, 0.4) is 0 Å². The fraction of sp³-hybridized carbons (Fsp3) is 0.700. The van der Waals surface area contributed by atoms with E-state index in [-0.39, 0.29) is 30.8 Å². The Labute approximate surface area is 204 Å². The van der Waals surface area contributed by atoms with E-state index in [0.29, 0.717) is 30.9 Å². The van der Waals surface area contributed by atoms with Crippen LogP contribution in [0.1, 0.15) is 64.4 Å². The molecule has 0 saturated carbocycles. The van der Waals surface area contributed by atoms with Crippen LogP contribution in [0.25, 0.3) is 0 Å². The molecule has 0 aromatic carbocycles. The number of rotatable bonds is 15. The second-order valence-corrected chi connectivity index (χ2v) is 10.5. The Hall–Kier alpha value is -2.67. The van der Waals surface area contributed by atoms with E-state index in [1.807, 2.05) is 27.7 Å². The van der Waals surface area contributed by atoms with E-state index in [4.69, 9.17) is 10.0 Å². The lowest BCUT2D eigenvalue weighted by molar-refractivity contribution is -0.396. The van der Waals surface area contributed by atoms with Gasteiger partial charge in [-0.3, -0.25) is 9.09 Å². The van der Waals surface area contributed by atoms with Crippen LogP contribution in [0.2, 0.25) is 0 Å². The molecule has 2 rings (SSSR count). The lowest BCUT2D eigenvalue weighted by Gasteiger charge is -2.31. The summed E-state index contributed by atoms with van der Waals surface area (Å²) in [4.78, 5) is 29.5. The van der Waals surface area contributed by atoms with Crippen molar-refractivity contribution >= 4 is 19.6 Å². The average Bonchev–Trinajstić information content (AvgIpc) is 3.36. The van der Waals surface area contributed by atoms with E-state index < -0.39 is 23.6 Å². The van der Waals surface area contributed by atoms with E-state index in [9.17, 15) is 24.8 Å². The van der Waals surface area contributed by atoms with Crippen LogP contribution in [0, 0.1) is 26.1 Å². The topological polar surface area (TPSA) is 177 Å². The Balaban J connectivity index is 2.39. The van der Waals surface area contributed by atoms with Crippen molar-refractivity contribution in [3.05, 3.63) is 44.0 Å².